The van der Waals surface area contributed by atoms with E-state index in [1.54, 1.807) is 0 Å². The van der Waals surface area contributed by atoms with E-state index in [1.807, 2.05) is 0 Å². The summed E-state index contributed by atoms with van der Waals surface area (Å²) < 4.78 is 24.5. The van der Waals surface area contributed by atoms with Crippen molar-refractivity contribution in [3.05, 3.63) is 0 Å². The molecular weight excluding hydrogens is 304 g/mol. The molecule has 0 saturated carbocycles. The average molecular weight is 337 g/mol. The molecule has 2 unspecified atom stereocenters. The van der Waals surface area contributed by atoms with Crippen molar-refractivity contribution < 1.29 is 18.3 Å². The lowest BCUT2D eigenvalue weighted by Crippen LogP contribution is -2.45. The van der Waals surface area contributed by atoms with Crippen molar-refractivity contribution in [3.8, 4) is 0 Å². The van der Waals surface area contributed by atoms with Gasteiger partial charge in [-0.15, -0.1) is 0 Å². The lowest BCUT2D eigenvalue weighted by molar-refractivity contribution is -0.188. The molecule has 1 rings (SSSR count). The zero-order valence-corrected chi connectivity index (χ0v) is 18.5. The molecule has 1 aliphatic rings. The summed E-state index contributed by atoms with van der Waals surface area (Å²) in [4.78, 5) is 0. The molecule has 0 radical (unpaired) electrons. The van der Waals surface area contributed by atoms with Gasteiger partial charge in [0.1, 0.15) is 0 Å². The molecule has 0 bridgehead atoms. The normalized spacial score (nSPS) is 30.8. The minimum absolute atomic E-state index is 0.685. The first-order chi connectivity index (χ1) is 8.99. The predicted molar refractivity (Wildman–Crippen MR) is 91.0 cm³/mol. The van der Waals surface area contributed by atoms with Gasteiger partial charge in [-0.1, -0.05) is 13.0 Å². The maximum Gasteiger partial charge on any atom is 0.333 e. The first-order valence-corrected chi connectivity index (χ1v) is 16.0. The van der Waals surface area contributed by atoms with Crippen LogP contribution in [-0.4, -0.2) is 45.2 Å². The highest BCUT2D eigenvalue weighted by atomic mass is 28.4. The summed E-state index contributed by atoms with van der Waals surface area (Å²) in [5, 5.41) is 0. The SMILES string of the molecule is CCC1(O[Si](C)(C)C)OC1(OCCC[SiH3])O[Si](C)(C)C. The van der Waals surface area contributed by atoms with Gasteiger partial charge in [-0.3, -0.25) is 4.74 Å². The number of hydrogen-bond acceptors (Lipinski definition) is 4. The Kier molecular flexibility index (Phi) is 5.85. The molecule has 4 nitrogen and oxygen atoms in total. The Morgan fingerprint density at radius 3 is 1.95 bits per heavy atom. The second-order valence-electron chi connectivity index (χ2n) is 7.40. The number of hydrogen-bond donors (Lipinski definition) is 0. The Balaban J connectivity index is 2.85. The minimum atomic E-state index is -1.78. The maximum atomic E-state index is 6.28. The quantitative estimate of drug-likeness (QED) is 0.281. The van der Waals surface area contributed by atoms with Gasteiger partial charge >= 0.3 is 5.97 Å². The molecule has 0 amide bonds. The molecule has 1 fully saturated rings. The Morgan fingerprint density at radius 1 is 1.00 bits per heavy atom. The van der Waals surface area contributed by atoms with Gasteiger partial charge < -0.3 is 13.6 Å². The lowest BCUT2D eigenvalue weighted by atomic mass is 10.3. The maximum absolute atomic E-state index is 6.28. The second-order valence-corrected chi connectivity index (χ2v) is 17.3. The summed E-state index contributed by atoms with van der Waals surface area (Å²) in [5.41, 5.74) is 0. The molecule has 0 aromatic heterocycles. The highest BCUT2D eigenvalue weighted by molar-refractivity contribution is 6.70. The van der Waals surface area contributed by atoms with Crippen molar-refractivity contribution in [3.63, 3.8) is 0 Å². The Bertz CT molecular complexity index is 327. The summed E-state index contributed by atoms with van der Waals surface area (Å²) in [6, 6.07) is 1.23. The van der Waals surface area contributed by atoms with Gasteiger partial charge in [-0.05, 0) is 45.7 Å². The number of epoxide rings is 1. The average Bonchev–Trinajstić information content (AvgIpc) is 2.81. The molecule has 0 N–H and O–H groups in total. The Morgan fingerprint density at radius 2 is 1.55 bits per heavy atom. The summed E-state index contributed by atoms with van der Waals surface area (Å²) in [6.45, 7) is 15.7. The topological polar surface area (TPSA) is 40.2 Å². The zero-order chi connectivity index (χ0) is 15.7. The molecule has 2 atom stereocenters. The van der Waals surface area contributed by atoms with E-state index in [2.05, 4.69) is 46.2 Å². The van der Waals surface area contributed by atoms with Crippen molar-refractivity contribution in [2.75, 3.05) is 6.61 Å². The summed E-state index contributed by atoms with van der Waals surface area (Å²) in [6.07, 6.45) is 1.82. The van der Waals surface area contributed by atoms with E-state index in [1.165, 1.54) is 16.3 Å². The molecule has 0 aromatic rings. The molecule has 120 valence electrons. The molecule has 0 aliphatic carbocycles. The standard InChI is InChI=1S/C13H32O4Si3/c1-8-12(16-19(2,3)4)13(15-12,14-10-9-11-18)17-20(5,6)7/h8-11H2,1-7,18H3. The molecule has 1 saturated heterocycles. The van der Waals surface area contributed by atoms with Crippen LogP contribution in [0.15, 0.2) is 0 Å². The Labute approximate surface area is 129 Å². The van der Waals surface area contributed by atoms with Gasteiger partial charge in [0, 0.05) is 16.7 Å². The lowest BCUT2D eigenvalue weighted by Gasteiger charge is -2.29. The molecule has 7 heteroatoms. The van der Waals surface area contributed by atoms with Crippen molar-refractivity contribution in [1.29, 1.82) is 0 Å². The number of rotatable bonds is 9. The fourth-order valence-corrected chi connectivity index (χ4v) is 4.80. The van der Waals surface area contributed by atoms with Crippen molar-refractivity contribution in [2.45, 2.75) is 76.9 Å². The third kappa shape index (κ3) is 4.76. The molecule has 20 heavy (non-hydrogen) atoms. The van der Waals surface area contributed by atoms with Crippen LogP contribution < -0.4 is 0 Å². The van der Waals surface area contributed by atoms with Crippen LogP contribution in [0, 0.1) is 0 Å². The third-order valence-corrected chi connectivity index (χ3v) is 5.42. The fraction of sp³-hybridized carbons (Fsp3) is 1.00. The molecule has 1 heterocycles. The van der Waals surface area contributed by atoms with Crippen LogP contribution in [0.1, 0.15) is 19.8 Å². The predicted octanol–water partition coefficient (Wildman–Crippen LogP) is 2.67. The van der Waals surface area contributed by atoms with Crippen molar-refractivity contribution in [1.82, 2.24) is 0 Å². The van der Waals surface area contributed by atoms with Gasteiger partial charge in [0.05, 0.1) is 6.61 Å². The summed E-state index contributed by atoms with van der Waals surface area (Å²) in [7, 11) is -2.29. The van der Waals surface area contributed by atoms with E-state index in [0.717, 1.165) is 12.8 Å². The van der Waals surface area contributed by atoms with E-state index in [4.69, 9.17) is 18.3 Å². The van der Waals surface area contributed by atoms with Crippen LogP contribution in [0.3, 0.4) is 0 Å². The van der Waals surface area contributed by atoms with E-state index in [0.29, 0.717) is 6.61 Å². The van der Waals surface area contributed by atoms with E-state index in [-0.39, 0.29) is 0 Å². The highest BCUT2D eigenvalue weighted by Crippen LogP contribution is 2.55. The van der Waals surface area contributed by atoms with Crippen LogP contribution in [-0.2, 0) is 18.3 Å². The van der Waals surface area contributed by atoms with Gasteiger partial charge in [0.25, 0.3) is 0 Å². The van der Waals surface area contributed by atoms with Crippen molar-refractivity contribution >= 4 is 26.9 Å². The minimum Gasteiger partial charge on any atom is -0.385 e. The van der Waals surface area contributed by atoms with Crippen LogP contribution in [0.25, 0.3) is 0 Å². The highest BCUT2D eigenvalue weighted by Gasteiger charge is 2.76. The van der Waals surface area contributed by atoms with Gasteiger partial charge in [0.2, 0.25) is 5.79 Å². The second kappa shape index (κ2) is 6.31. The fourth-order valence-electron chi connectivity index (χ4n) is 2.15. The van der Waals surface area contributed by atoms with Crippen LogP contribution in [0.4, 0.5) is 0 Å². The monoisotopic (exact) mass is 336 g/mol. The molecular formula is C13H32O4Si3. The van der Waals surface area contributed by atoms with Crippen LogP contribution >= 0.6 is 0 Å². The van der Waals surface area contributed by atoms with Crippen LogP contribution in [0.5, 0.6) is 0 Å². The summed E-state index contributed by atoms with van der Waals surface area (Å²) >= 11 is 0. The van der Waals surface area contributed by atoms with Gasteiger partial charge in [0.15, 0.2) is 16.6 Å². The van der Waals surface area contributed by atoms with Crippen LogP contribution in [0.2, 0.25) is 45.3 Å². The molecule has 0 spiro atoms. The van der Waals surface area contributed by atoms with Gasteiger partial charge in [-0.25, -0.2) is 0 Å². The summed E-state index contributed by atoms with van der Waals surface area (Å²) in [5.74, 6) is -1.65. The first kappa shape index (κ1) is 18.5. The molecule has 1 aliphatic heterocycles. The largest absolute Gasteiger partial charge is 0.385 e. The number of ether oxygens (including phenoxy) is 2. The Hall–Kier alpha value is 0.491. The first-order valence-electron chi connectivity index (χ1n) is 7.74. The van der Waals surface area contributed by atoms with Gasteiger partial charge in [-0.2, -0.15) is 0 Å². The smallest absolute Gasteiger partial charge is 0.333 e. The van der Waals surface area contributed by atoms with E-state index < -0.39 is 28.4 Å². The molecule has 0 aromatic carbocycles. The van der Waals surface area contributed by atoms with E-state index >= 15 is 0 Å². The van der Waals surface area contributed by atoms with E-state index in [9.17, 15) is 0 Å². The van der Waals surface area contributed by atoms with Crippen molar-refractivity contribution in [2.24, 2.45) is 0 Å². The third-order valence-electron chi connectivity index (χ3n) is 2.89. The zero-order valence-electron chi connectivity index (χ0n) is 14.5.